The molecule has 2 rings (SSSR count). The van der Waals surface area contributed by atoms with Gasteiger partial charge in [0.1, 0.15) is 0 Å². The normalized spacial score (nSPS) is 18.5. The van der Waals surface area contributed by atoms with E-state index in [0.717, 1.165) is 32.1 Å². The summed E-state index contributed by atoms with van der Waals surface area (Å²) in [6, 6.07) is 6.50. The first kappa shape index (κ1) is 16.0. The van der Waals surface area contributed by atoms with Crippen LogP contribution in [0.15, 0.2) is 18.2 Å². The van der Waals surface area contributed by atoms with Gasteiger partial charge in [0.25, 0.3) is 0 Å². The lowest BCUT2D eigenvalue weighted by molar-refractivity contribution is -0.126. The minimum atomic E-state index is -0.760. The van der Waals surface area contributed by atoms with Crippen LogP contribution in [0.5, 0.6) is 0 Å². The molecule has 2 N–H and O–H groups in total. The summed E-state index contributed by atoms with van der Waals surface area (Å²) in [5.74, 6) is -0.0309. The summed E-state index contributed by atoms with van der Waals surface area (Å²) in [7, 11) is 0. The molecule has 1 unspecified atom stereocenters. The molecule has 1 aliphatic rings. The molecule has 0 spiro atoms. The molecule has 0 saturated heterocycles. The van der Waals surface area contributed by atoms with Crippen molar-refractivity contribution >= 4 is 5.91 Å². The minimum absolute atomic E-state index is 0.0309. The van der Waals surface area contributed by atoms with E-state index in [1.54, 1.807) is 0 Å². The summed E-state index contributed by atoms with van der Waals surface area (Å²) >= 11 is 0. The molecular weight excluding hydrogens is 262 g/mol. The highest BCUT2D eigenvalue weighted by Crippen LogP contribution is 2.32. The van der Waals surface area contributed by atoms with Crippen molar-refractivity contribution in [2.45, 2.75) is 70.9 Å². The van der Waals surface area contributed by atoms with E-state index < -0.39 is 5.60 Å². The molecular formula is C18H27NO2. The standard InChI is InChI=1S/C18H27NO2/c1-13-6-7-16(14(2)10-13)11-15(3)19-17(20)12-18(21)8-4-5-9-18/h6-7,10,15,21H,4-5,8-9,11-12H2,1-3H3,(H,19,20). The van der Waals surface area contributed by atoms with E-state index in [-0.39, 0.29) is 18.4 Å². The van der Waals surface area contributed by atoms with E-state index >= 15 is 0 Å². The van der Waals surface area contributed by atoms with Crippen LogP contribution in [0.3, 0.4) is 0 Å². The van der Waals surface area contributed by atoms with Crippen LogP contribution in [0, 0.1) is 13.8 Å². The number of nitrogens with one attached hydrogen (secondary N) is 1. The van der Waals surface area contributed by atoms with E-state index in [0.29, 0.717) is 0 Å². The Morgan fingerprint density at radius 1 is 1.33 bits per heavy atom. The summed E-state index contributed by atoms with van der Waals surface area (Å²) in [5, 5.41) is 13.3. The maximum absolute atomic E-state index is 12.1. The molecule has 0 aliphatic heterocycles. The van der Waals surface area contributed by atoms with E-state index in [1.165, 1.54) is 16.7 Å². The number of hydrogen-bond donors (Lipinski definition) is 2. The van der Waals surface area contributed by atoms with Crippen molar-refractivity contribution in [2.75, 3.05) is 0 Å². The van der Waals surface area contributed by atoms with Gasteiger partial charge in [0.15, 0.2) is 0 Å². The van der Waals surface area contributed by atoms with Gasteiger partial charge in [-0.15, -0.1) is 0 Å². The molecule has 1 aromatic rings. The molecule has 0 bridgehead atoms. The summed E-state index contributed by atoms with van der Waals surface area (Å²) < 4.78 is 0. The topological polar surface area (TPSA) is 49.3 Å². The first-order valence-electron chi connectivity index (χ1n) is 7.96. The monoisotopic (exact) mass is 289 g/mol. The second-order valence-electron chi connectivity index (χ2n) is 6.71. The van der Waals surface area contributed by atoms with E-state index in [9.17, 15) is 9.90 Å². The fraction of sp³-hybridized carbons (Fsp3) is 0.611. The highest BCUT2D eigenvalue weighted by Gasteiger charge is 2.33. The van der Waals surface area contributed by atoms with Gasteiger partial charge in [-0.2, -0.15) is 0 Å². The van der Waals surface area contributed by atoms with Gasteiger partial charge < -0.3 is 10.4 Å². The third-order valence-corrected chi connectivity index (χ3v) is 4.46. The first-order valence-corrected chi connectivity index (χ1v) is 7.96. The fourth-order valence-corrected chi connectivity index (χ4v) is 3.29. The molecule has 116 valence electrons. The number of carbonyl (C=O) groups excluding carboxylic acids is 1. The Balaban J connectivity index is 1.86. The lowest BCUT2D eigenvalue weighted by Crippen LogP contribution is -2.39. The molecule has 1 atom stereocenters. The van der Waals surface area contributed by atoms with Crippen LogP contribution in [-0.4, -0.2) is 22.7 Å². The SMILES string of the molecule is Cc1ccc(CC(C)NC(=O)CC2(O)CCCC2)c(C)c1. The second kappa shape index (κ2) is 6.61. The average Bonchev–Trinajstić information content (AvgIpc) is 2.78. The quantitative estimate of drug-likeness (QED) is 0.875. The first-order chi connectivity index (χ1) is 9.88. The summed E-state index contributed by atoms with van der Waals surface area (Å²) in [6.07, 6.45) is 4.64. The van der Waals surface area contributed by atoms with Crippen LogP contribution >= 0.6 is 0 Å². The Labute approximate surface area is 127 Å². The van der Waals surface area contributed by atoms with Gasteiger partial charge >= 0.3 is 0 Å². The maximum atomic E-state index is 12.1. The van der Waals surface area contributed by atoms with Crippen LogP contribution in [-0.2, 0) is 11.2 Å². The smallest absolute Gasteiger partial charge is 0.223 e. The highest BCUT2D eigenvalue weighted by molar-refractivity contribution is 5.77. The number of benzene rings is 1. The minimum Gasteiger partial charge on any atom is -0.389 e. The maximum Gasteiger partial charge on any atom is 0.223 e. The average molecular weight is 289 g/mol. The number of carbonyl (C=O) groups is 1. The number of aliphatic hydroxyl groups is 1. The number of amides is 1. The molecule has 0 heterocycles. The van der Waals surface area contributed by atoms with Crippen molar-refractivity contribution in [1.82, 2.24) is 5.32 Å². The second-order valence-corrected chi connectivity index (χ2v) is 6.71. The van der Waals surface area contributed by atoms with Crippen molar-refractivity contribution in [3.63, 3.8) is 0 Å². The Hall–Kier alpha value is -1.35. The Morgan fingerprint density at radius 2 is 2.00 bits per heavy atom. The Morgan fingerprint density at radius 3 is 2.62 bits per heavy atom. The lowest BCUT2D eigenvalue weighted by atomic mass is 9.96. The molecule has 1 aromatic carbocycles. The van der Waals surface area contributed by atoms with E-state index in [2.05, 4.69) is 37.4 Å². The van der Waals surface area contributed by atoms with Gasteiger partial charge in [-0.3, -0.25) is 4.79 Å². The molecule has 3 heteroatoms. The molecule has 21 heavy (non-hydrogen) atoms. The molecule has 1 saturated carbocycles. The molecule has 0 radical (unpaired) electrons. The van der Waals surface area contributed by atoms with E-state index in [4.69, 9.17) is 0 Å². The molecule has 1 aliphatic carbocycles. The highest BCUT2D eigenvalue weighted by atomic mass is 16.3. The predicted octanol–water partition coefficient (Wildman–Crippen LogP) is 3.05. The fourth-order valence-electron chi connectivity index (χ4n) is 3.29. The third kappa shape index (κ3) is 4.57. The van der Waals surface area contributed by atoms with Gasteiger partial charge in [-0.1, -0.05) is 36.6 Å². The van der Waals surface area contributed by atoms with Crippen molar-refractivity contribution < 1.29 is 9.90 Å². The van der Waals surface area contributed by atoms with Crippen LogP contribution < -0.4 is 5.32 Å². The molecule has 0 aromatic heterocycles. The van der Waals surface area contributed by atoms with Gasteiger partial charge in [0.05, 0.1) is 12.0 Å². The van der Waals surface area contributed by atoms with Gasteiger partial charge in [0, 0.05) is 6.04 Å². The third-order valence-electron chi connectivity index (χ3n) is 4.46. The van der Waals surface area contributed by atoms with Crippen molar-refractivity contribution in [3.8, 4) is 0 Å². The number of aryl methyl sites for hydroxylation is 2. The molecule has 1 amide bonds. The molecule has 1 fully saturated rings. The lowest BCUT2D eigenvalue weighted by Gasteiger charge is -2.23. The summed E-state index contributed by atoms with van der Waals surface area (Å²) in [5.41, 5.74) is 3.04. The van der Waals surface area contributed by atoms with Crippen molar-refractivity contribution in [3.05, 3.63) is 34.9 Å². The van der Waals surface area contributed by atoms with Crippen LogP contribution in [0.25, 0.3) is 0 Å². The largest absolute Gasteiger partial charge is 0.389 e. The summed E-state index contributed by atoms with van der Waals surface area (Å²) in [4.78, 5) is 12.1. The predicted molar refractivity (Wildman–Crippen MR) is 85.3 cm³/mol. The zero-order valence-corrected chi connectivity index (χ0v) is 13.4. The van der Waals surface area contributed by atoms with Gasteiger partial charge in [-0.25, -0.2) is 0 Å². The van der Waals surface area contributed by atoms with Gasteiger partial charge in [0.2, 0.25) is 5.91 Å². The summed E-state index contributed by atoms with van der Waals surface area (Å²) in [6.45, 7) is 6.22. The number of hydrogen-bond acceptors (Lipinski definition) is 2. The number of rotatable bonds is 5. The van der Waals surface area contributed by atoms with Crippen LogP contribution in [0.2, 0.25) is 0 Å². The zero-order valence-electron chi connectivity index (χ0n) is 13.4. The van der Waals surface area contributed by atoms with Crippen LogP contribution in [0.4, 0.5) is 0 Å². The zero-order chi connectivity index (χ0) is 15.5. The van der Waals surface area contributed by atoms with Crippen molar-refractivity contribution in [1.29, 1.82) is 0 Å². The van der Waals surface area contributed by atoms with Gasteiger partial charge in [-0.05, 0) is 51.2 Å². The molecule has 3 nitrogen and oxygen atoms in total. The van der Waals surface area contributed by atoms with Crippen molar-refractivity contribution in [2.24, 2.45) is 0 Å². The van der Waals surface area contributed by atoms with Crippen LogP contribution in [0.1, 0.15) is 55.7 Å². The Kier molecular flexibility index (Phi) is 5.04. The van der Waals surface area contributed by atoms with E-state index in [1.807, 2.05) is 6.92 Å². The Bertz CT molecular complexity index is 504.